The van der Waals surface area contributed by atoms with Crippen molar-refractivity contribution < 1.29 is 23.6 Å². The highest BCUT2D eigenvalue weighted by Crippen LogP contribution is 2.21. The molecule has 0 unspecified atom stereocenters. The van der Waals surface area contributed by atoms with Crippen LogP contribution in [0.1, 0.15) is 44.9 Å². The standard InChI is InChI=1S/C17H17N3O5S/c1-4-23-16(21)13-9(2)14(18-10(13)3)17(22)24-7-12-19-15(20-25-12)11-5-6-26-8-11/h5-6,8,18H,4,7H2,1-3H3. The molecule has 8 nitrogen and oxygen atoms in total. The third-order valence-electron chi connectivity index (χ3n) is 3.70. The van der Waals surface area contributed by atoms with E-state index in [2.05, 4.69) is 15.1 Å². The summed E-state index contributed by atoms with van der Waals surface area (Å²) in [5.41, 5.74) is 2.41. The number of carbonyl (C=O) groups excluding carboxylic acids is 2. The van der Waals surface area contributed by atoms with Crippen LogP contribution in [-0.4, -0.2) is 33.7 Å². The van der Waals surface area contributed by atoms with E-state index in [1.165, 1.54) is 11.3 Å². The van der Waals surface area contributed by atoms with Gasteiger partial charge in [-0.2, -0.15) is 16.3 Å². The van der Waals surface area contributed by atoms with Gasteiger partial charge in [0.15, 0.2) is 6.61 Å². The maximum Gasteiger partial charge on any atom is 0.355 e. The van der Waals surface area contributed by atoms with Crippen LogP contribution in [0.5, 0.6) is 0 Å². The summed E-state index contributed by atoms with van der Waals surface area (Å²) in [6, 6.07) is 1.87. The average Bonchev–Trinajstić information content (AvgIpc) is 3.32. The quantitative estimate of drug-likeness (QED) is 0.659. The molecule has 0 spiro atoms. The van der Waals surface area contributed by atoms with E-state index in [0.717, 1.165) is 5.56 Å². The predicted octanol–water partition coefficient (Wildman–Crippen LogP) is 3.28. The molecule has 0 amide bonds. The normalized spacial score (nSPS) is 10.7. The number of nitrogens with one attached hydrogen (secondary N) is 1. The summed E-state index contributed by atoms with van der Waals surface area (Å²) < 4.78 is 15.3. The molecule has 3 rings (SSSR count). The van der Waals surface area contributed by atoms with Crippen molar-refractivity contribution in [1.29, 1.82) is 0 Å². The van der Waals surface area contributed by atoms with Gasteiger partial charge in [0.2, 0.25) is 5.82 Å². The van der Waals surface area contributed by atoms with Crippen molar-refractivity contribution >= 4 is 23.3 Å². The Hall–Kier alpha value is -2.94. The molecule has 3 heterocycles. The van der Waals surface area contributed by atoms with Gasteiger partial charge in [-0.1, -0.05) is 5.16 Å². The monoisotopic (exact) mass is 375 g/mol. The second-order valence-electron chi connectivity index (χ2n) is 5.45. The van der Waals surface area contributed by atoms with Crippen LogP contribution >= 0.6 is 11.3 Å². The van der Waals surface area contributed by atoms with E-state index in [-0.39, 0.29) is 24.8 Å². The van der Waals surface area contributed by atoms with Crippen molar-refractivity contribution in [3.05, 3.63) is 45.2 Å². The van der Waals surface area contributed by atoms with E-state index in [1.807, 2.05) is 16.8 Å². The summed E-state index contributed by atoms with van der Waals surface area (Å²) in [4.78, 5) is 31.4. The number of esters is 2. The predicted molar refractivity (Wildman–Crippen MR) is 93.0 cm³/mol. The number of ether oxygens (including phenoxy) is 2. The first-order valence-electron chi connectivity index (χ1n) is 7.89. The minimum Gasteiger partial charge on any atom is -0.462 e. The average molecular weight is 375 g/mol. The van der Waals surface area contributed by atoms with Gasteiger partial charge in [-0.05, 0) is 37.8 Å². The highest BCUT2D eigenvalue weighted by atomic mass is 32.1. The molecule has 3 aromatic heterocycles. The summed E-state index contributed by atoms with van der Waals surface area (Å²) in [5.74, 6) is -0.466. The minimum absolute atomic E-state index is 0.164. The van der Waals surface area contributed by atoms with E-state index in [1.54, 1.807) is 20.8 Å². The van der Waals surface area contributed by atoms with Gasteiger partial charge in [0, 0.05) is 16.6 Å². The fraction of sp³-hybridized carbons (Fsp3) is 0.294. The number of aromatic amines is 1. The third kappa shape index (κ3) is 3.52. The maximum atomic E-state index is 12.3. The van der Waals surface area contributed by atoms with Crippen molar-refractivity contribution in [3.63, 3.8) is 0 Å². The number of hydrogen-bond donors (Lipinski definition) is 1. The Kier molecular flexibility index (Phi) is 5.17. The second kappa shape index (κ2) is 7.52. The highest BCUT2D eigenvalue weighted by Gasteiger charge is 2.24. The number of aromatic nitrogens is 3. The summed E-state index contributed by atoms with van der Waals surface area (Å²) in [7, 11) is 0. The fourth-order valence-corrected chi connectivity index (χ4v) is 3.12. The fourth-order valence-electron chi connectivity index (χ4n) is 2.49. The van der Waals surface area contributed by atoms with Crippen molar-refractivity contribution in [2.24, 2.45) is 0 Å². The molecular weight excluding hydrogens is 358 g/mol. The van der Waals surface area contributed by atoms with Crippen LogP contribution < -0.4 is 0 Å². The van der Waals surface area contributed by atoms with Gasteiger partial charge in [0.05, 0.1) is 12.2 Å². The third-order valence-corrected chi connectivity index (χ3v) is 4.38. The Labute approximate surface area is 153 Å². The number of carbonyl (C=O) groups is 2. The van der Waals surface area contributed by atoms with E-state index < -0.39 is 11.9 Å². The molecule has 0 aromatic carbocycles. The minimum atomic E-state index is -0.614. The van der Waals surface area contributed by atoms with Gasteiger partial charge < -0.3 is 19.0 Å². The van der Waals surface area contributed by atoms with Gasteiger partial charge in [-0.25, -0.2) is 9.59 Å². The zero-order valence-electron chi connectivity index (χ0n) is 14.5. The topological polar surface area (TPSA) is 107 Å². The number of hydrogen-bond acceptors (Lipinski definition) is 8. The molecule has 0 saturated carbocycles. The van der Waals surface area contributed by atoms with Gasteiger partial charge >= 0.3 is 11.9 Å². The molecule has 26 heavy (non-hydrogen) atoms. The molecule has 0 aliphatic heterocycles. The molecule has 3 aromatic rings. The number of rotatable bonds is 6. The Morgan fingerprint density at radius 3 is 2.77 bits per heavy atom. The molecule has 9 heteroatoms. The lowest BCUT2D eigenvalue weighted by Gasteiger charge is -2.03. The van der Waals surface area contributed by atoms with Crippen molar-refractivity contribution in [2.45, 2.75) is 27.4 Å². The van der Waals surface area contributed by atoms with Gasteiger partial charge in [0.1, 0.15) is 5.69 Å². The Morgan fingerprint density at radius 1 is 1.27 bits per heavy atom. The lowest BCUT2D eigenvalue weighted by atomic mass is 10.1. The Balaban J connectivity index is 1.69. The maximum absolute atomic E-state index is 12.3. The molecule has 0 saturated heterocycles. The molecular formula is C17H17N3O5S. The van der Waals surface area contributed by atoms with Crippen LogP contribution in [0.2, 0.25) is 0 Å². The number of H-pyrrole nitrogens is 1. The molecule has 0 bridgehead atoms. The number of aryl methyl sites for hydroxylation is 1. The lowest BCUT2D eigenvalue weighted by Crippen LogP contribution is -2.09. The first-order valence-corrected chi connectivity index (χ1v) is 8.84. The van der Waals surface area contributed by atoms with Crippen molar-refractivity contribution in [2.75, 3.05) is 6.61 Å². The Morgan fingerprint density at radius 2 is 2.08 bits per heavy atom. The molecule has 0 aliphatic carbocycles. The van der Waals surface area contributed by atoms with E-state index in [4.69, 9.17) is 14.0 Å². The van der Waals surface area contributed by atoms with Crippen LogP contribution in [0.15, 0.2) is 21.3 Å². The Bertz CT molecular complexity index is 927. The molecule has 136 valence electrons. The van der Waals surface area contributed by atoms with E-state index >= 15 is 0 Å². The highest BCUT2D eigenvalue weighted by molar-refractivity contribution is 7.08. The first-order chi connectivity index (χ1) is 12.5. The van der Waals surface area contributed by atoms with Crippen LogP contribution in [0.3, 0.4) is 0 Å². The summed E-state index contributed by atoms with van der Waals surface area (Å²) in [6.45, 7) is 5.17. The van der Waals surface area contributed by atoms with Crippen molar-refractivity contribution in [3.8, 4) is 11.4 Å². The van der Waals surface area contributed by atoms with Crippen molar-refractivity contribution in [1.82, 2.24) is 15.1 Å². The zero-order valence-corrected chi connectivity index (χ0v) is 15.3. The molecule has 1 N–H and O–H groups in total. The molecule has 0 radical (unpaired) electrons. The van der Waals surface area contributed by atoms with Gasteiger partial charge in [0.25, 0.3) is 5.89 Å². The summed E-state index contributed by atoms with van der Waals surface area (Å²) in [5, 5.41) is 7.65. The van der Waals surface area contributed by atoms with Gasteiger partial charge in [-0.3, -0.25) is 0 Å². The van der Waals surface area contributed by atoms with Crippen LogP contribution in [-0.2, 0) is 16.1 Å². The van der Waals surface area contributed by atoms with E-state index in [9.17, 15) is 9.59 Å². The van der Waals surface area contributed by atoms with Gasteiger partial charge in [-0.15, -0.1) is 0 Å². The van der Waals surface area contributed by atoms with Crippen LogP contribution in [0, 0.1) is 13.8 Å². The molecule has 0 aliphatic rings. The first kappa shape index (κ1) is 17.9. The second-order valence-corrected chi connectivity index (χ2v) is 6.23. The number of thiophene rings is 1. The smallest absolute Gasteiger partial charge is 0.355 e. The molecule has 0 fully saturated rings. The number of nitrogens with zero attached hydrogens (tertiary/aromatic N) is 2. The summed E-state index contributed by atoms with van der Waals surface area (Å²) in [6.07, 6.45) is 0. The van der Waals surface area contributed by atoms with Crippen LogP contribution in [0.25, 0.3) is 11.4 Å². The lowest BCUT2D eigenvalue weighted by molar-refractivity contribution is 0.0422. The van der Waals surface area contributed by atoms with Crippen LogP contribution in [0.4, 0.5) is 0 Å². The molecule has 0 atom stereocenters. The van der Waals surface area contributed by atoms with E-state index in [0.29, 0.717) is 22.6 Å². The SMILES string of the molecule is CCOC(=O)c1c(C)[nH]c(C(=O)OCc2nc(-c3ccsc3)no2)c1C. The zero-order chi connectivity index (χ0) is 18.7. The largest absolute Gasteiger partial charge is 0.462 e. The summed E-state index contributed by atoms with van der Waals surface area (Å²) >= 11 is 1.52.